The molecule has 0 saturated carbocycles. The van der Waals surface area contributed by atoms with Crippen molar-refractivity contribution in [1.29, 1.82) is 0 Å². The fourth-order valence-electron chi connectivity index (χ4n) is 2.38. The summed E-state index contributed by atoms with van der Waals surface area (Å²) in [4.78, 5) is 2.45. The van der Waals surface area contributed by atoms with Crippen molar-refractivity contribution in [2.45, 2.75) is 52.9 Å². The van der Waals surface area contributed by atoms with E-state index in [4.69, 9.17) is 0 Å². The predicted molar refractivity (Wildman–Crippen MR) is 90.7 cm³/mol. The maximum absolute atomic E-state index is 4.30. The van der Waals surface area contributed by atoms with Crippen LogP contribution in [-0.4, -0.2) is 18.0 Å². The van der Waals surface area contributed by atoms with Crippen molar-refractivity contribution in [3.63, 3.8) is 0 Å². The monoisotopic (exact) mass is 273 g/mol. The van der Waals surface area contributed by atoms with E-state index in [1.165, 1.54) is 24.1 Å². The fraction of sp³-hybridized carbons (Fsp3) is 0.579. The lowest BCUT2D eigenvalue weighted by Gasteiger charge is -2.26. The molecule has 1 aliphatic rings. The average molecular weight is 273 g/mol. The summed E-state index contributed by atoms with van der Waals surface area (Å²) in [5.74, 6) is 0.815. The Labute approximate surface area is 125 Å². The SMILES string of the molecule is C=C(CCC1=CCC=CC=C1)N(CC)CCC(C)CC. The summed E-state index contributed by atoms with van der Waals surface area (Å²) in [6, 6.07) is 0. The van der Waals surface area contributed by atoms with E-state index >= 15 is 0 Å². The summed E-state index contributed by atoms with van der Waals surface area (Å²) < 4.78 is 0. The fourth-order valence-corrected chi connectivity index (χ4v) is 2.38. The van der Waals surface area contributed by atoms with Crippen LogP contribution >= 0.6 is 0 Å². The first kappa shape index (κ1) is 16.8. The first-order valence-corrected chi connectivity index (χ1v) is 8.12. The molecule has 1 unspecified atom stereocenters. The molecule has 0 amide bonds. The van der Waals surface area contributed by atoms with Crippen molar-refractivity contribution < 1.29 is 0 Å². The highest BCUT2D eigenvalue weighted by molar-refractivity contribution is 5.26. The zero-order valence-electron chi connectivity index (χ0n) is 13.6. The molecule has 1 atom stereocenters. The summed E-state index contributed by atoms with van der Waals surface area (Å²) in [5.41, 5.74) is 2.73. The minimum atomic E-state index is 0.815. The van der Waals surface area contributed by atoms with Crippen LogP contribution in [0.15, 0.2) is 48.2 Å². The van der Waals surface area contributed by atoms with Crippen LogP contribution < -0.4 is 0 Å². The van der Waals surface area contributed by atoms with Crippen LogP contribution in [-0.2, 0) is 0 Å². The number of rotatable bonds is 9. The van der Waals surface area contributed by atoms with Gasteiger partial charge in [0.15, 0.2) is 0 Å². The van der Waals surface area contributed by atoms with Crippen LogP contribution in [0.25, 0.3) is 0 Å². The van der Waals surface area contributed by atoms with Crippen molar-refractivity contribution in [2.24, 2.45) is 5.92 Å². The van der Waals surface area contributed by atoms with Gasteiger partial charge in [-0.25, -0.2) is 0 Å². The van der Waals surface area contributed by atoms with E-state index in [0.717, 1.165) is 38.3 Å². The Morgan fingerprint density at radius 1 is 1.35 bits per heavy atom. The van der Waals surface area contributed by atoms with Gasteiger partial charge in [0.05, 0.1) is 0 Å². The molecule has 1 heteroatoms. The van der Waals surface area contributed by atoms with E-state index < -0.39 is 0 Å². The molecule has 1 aliphatic carbocycles. The Morgan fingerprint density at radius 3 is 2.85 bits per heavy atom. The van der Waals surface area contributed by atoms with E-state index in [1.54, 1.807) is 0 Å². The van der Waals surface area contributed by atoms with Crippen LogP contribution in [0, 0.1) is 5.92 Å². The smallest absolute Gasteiger partial charge is 0.0177 e. The predicted octanol–water partition coefficient (Wildman–Crippen LogP) is 5.48. The van der Waals surface area contributed by atoms with E-state index in [0.29, 0.717) is 0 Å². The first-order valence-electron chi connectivity index (χ1n) is 8.12. The summed E-state index contributed by atoms with van der Waals surface area (Å²) >= 11 is 0. The molecule has 112 valence electrons. The molecule has 0 aromatic rings. The van der Waals surface area contributed by atoms with E-state index in [1.807, 2.05) is 0 Å². The van der Waals surface area contributed by atoms with Crippen LogP contribution in [0.4, 0.5) is 0 Å². The molecule has 0 aromatic heterocycles. The highest BCUT2D eigenvalue weighted by Crippen LogP contribution is 2.18. The molecule has 0 N–H and O–H groups in total. The molecular weight excluding hydrogens is 242 g/mol. The second-order valence-electron chi connectivity index (χ2n) is 5.75. The largest absolute Gasteiger partial charge is 0.376 e. The van der Waals surface area contributed by atoms with Gasteiger partial charge in [0.1, 0.15) is 0 Å². The molecule has 0 heterocycles. The molecule has 0 bridgehead atoms. The highest BCUT2D eigenvalue weighted by atomic mass is 15.1. The number of allylic oxidation sites excluding steroid dienone is 7. The topological polar surface area (TPSA) is 3.24 Å². The van der Waals surface area contributed by atoms with Crippen LogP contribution in [0.3, 0.4) is 0 Å². The van der Waals surface area contributed by atoms with Crippen LogP contribution in [0.5, 0.6) is 0 Å². The van der Waals surface area contributed by atoms with Gasteiger partial charge in [-0.15, -0.1) is 0 Å². The zero-order chi connectivity index (χ0) is 14.8. The Morgan fingerprint density at radius 2 is 2.15 bits per heavy atom. The van der Waals surface area contributed by atoms with Gasteiger partial charge in [0, 0.05) is 18.8 Å². The maximum atomic E-state index is 4.30. The minimum absolute atomic E-state index is 0.815. The second-order valence-corrected chi connectivity index (χ2v) is 5.75. The van der Waals surface area contributed by atoms with Gasteiger partial charge in [0.2, 0.25) is 0 Å². The minimum Gasteiger partial charge on any atom is -0.376 e. The van der Waals surface area contributed by atoms with Gasteiger partial charge >= 0.3 is 0 Å². The summed E-state index contributed by atoms with van der Waals surface area (Å²) in [5, 5.41) is 0. The Bertz CT molecular complexity index is 373. The van der Waals surface area contributed by atoms with Gasteiger partial charge in [-0.3, -0.25) is 0 Å². The Kier molecular flexibility index (Phi) is 8.10. The van der Waals surface area contributed by atoms with E-state index in [9.17, 15) is 0 Å². The van der Waals surface area contributed by atoms with Gasteiger partial charge < -0.3 is 4.90 Å². The Hall–Kier alpha value is -1.24. The van der Waals surface area contributed by atoms with Gasteiger partial charge in [-0.05, 0) is 38.5 Å². The quantitative estimate of drug-likeness (QED) is 0.537. The molecule has 0 fully saturated rings. The summed E-state index contributed by atoms with van der Waals surface area (Å²) in [6.07, 6.45) is 16.8. The van der Waals surface area contributed by atoms with Gasteiger partial charge in [0.25, 0.3) is 0 Å². The normalized spacial score (nSPS) is 15.7. The number of hydrogen-bond acceptors (Lipinski definition) is 1. The number of hydrogen-bond donors (Lipinski definition) is 0. The van der Waals surface area contributed by atoms with Gasteiger partial charge in [-0.2, -0.15) is 0 Å². The molecule has 0 aromatic carbocycles. The molecule has 1 nitrogen and oxygen atoms in total. The third kappa shape index (κ3) is 6.27. The molecule has 0 saturated heterocycles. The van der Waals surface area contributed by atoms with Crippen molar-refractivity contribution in [3.8, 4) is 0 Å². The van der Waals surface area contributed by atoms with Crippen LogP contribution in [0.2, 0.25) is 0 Å². The van der Waals surface area contributed by atoms with E-state index in [-0.39, 0.29) is 0 Å². The molecule has 0 spiro atoms. The standard InChI is InChI=1S/C19H31N/c1-5-17(3)15-16-20(6-2)18(4)13-14-19-11-9-7-8-10-12-19/h7-9,11-12,17H,4-6,10,13-16H2,1-3H3. The van der Waals surface area contributed by atoms with Crippen molar-refractivity contribution in [3.05, 3.63) is 48.2 Å². The second kappa shape index (κ2) is 9.63. The summed E-state index contributed by atoms with van der Waals surface area (Å²) in [7, 11) is 0. The zero-order valence-corrected chi connectivity index (χ0v) is 13.6. The summed E-state index contributed by atoms with van der Waals surface area (Å²) in [6.45, 7) is 13.4. The van der Waals surface area contributed by atoms with Gasteiger partial charge in [-0.1, -0.05) is 62.8 Å². The molecule has 20 heavy (non-hydrogen) atoms. The van der Waals surface area contributed by atoms with E-state index in [2.05, 4.69) is 62.6 Å². The third-order valence-corrected chi connectivity index (χ3v) is 4.19. The lowest BCUT2D eigenvalue weighted by Crippen LogP contribution is -2.24. The Balaban J connectivity index is 2.37. The maximum Gasteiger partial charge on any atom is 0.0177 e. The van der Waals surface area contributed by atoms with Crippen LogP contribution in [0.1, 0.15) is 52.9 Å². The number of nitrogens with zero attached hydrogens (tertiary/aromatic N) is 1. The lowest BCUT2D eigenvalue weighted by molar-refractivity contribution is 0.316. The van der Waals surface area contributed by atoms with Crippen molar-refractivity contribution >= 4 is 0 Å². The molecular formula is C19H31N. The highest BCUT2D eigenvalue weighted by Gasteiger charge is 2.08. The van der Waals surface area contributed by atoms with Crippen molar-refractivity contribution in [1.82, 2.24) is 4.90 Å². The lowest BCUT2D eigenvalue weighted by atomic mass is 10.0. The third-order valence-electron chi connectivity index (χ3n) is 4.19. The molecule has 0 radical (unpaired) electrons. The first-order chi connectivity index (χ1) is 9.67. The molecule has 0 aliphatic heterocycles. The molecule has 1 rings (SSSR count). The average Bonchev–Trinajstić information content (AvgIpc) is 2.74. The van der Waals surface area contributed by atoms with Crippen molar-refractivity contribution in [2.75, 3.05) is 13.1 Å².